The van der Waals surface area contributed by atoms with Crippen LogP contribution in [0.15, 0.2) is 66.7 Å². The van der Waals surface area contributed by atoms with Gasteiger partial charge in [-0.25, -0.2) is 0 Å². The summed E-state index contributed by atoms with van der Waals surface area (Å²) >= 11 is 0. The van der Waals surface area contributed by atoms with E-state index in [2.05, 4.69) is 104 Å². The average Bonchev–Trinajstić information content (AvgIpc) is 2.76. The van der Waals surface area contributed by atoms with Crippen molar-refractivity contribution >= 4 is 28.0 Å². The van der Waals surface area contributed by atoms with Crippen molar-refractivity contribution in [2.45, 2.75) is 26.2 Å². The van der Waals surface area contributed by atoms with Crippen LogP contribution in [0, 0.1) is 36.0 Å². The van der Waals surface area contributed by atoms with E-state index in [4.69, 9.17) is 6.42 Å². The van der Waals surface area contributed by atoms with Gasteiger partial charge in [-0.3, -0.25) is 0 Å². The largest absolute Gasteiger partial charge is 0.115 e. The van der Waals surface area contributed by atoms with Crippen LogP contribution in [0.25, 0.3) is 0 Å². The fourth-order valence-corrected chi connectivity index (χ4v) is 4.58. The van der Waals surface area contributed by atoms with Crippen molar-refractivity contribution in [3.63, 3.8) is 0 Å². The summed E-state index contributed by atoms with van der Waals surface area (Å²) in [7, 11) is -0.858. The van der Waals surface area contributed by atoms with Gasteiger partial charge in [0.15, 0.2) is 0 Å². The van der Waals surface area contributed by atoms with Crippen LogP contribution in [0.4, 0.5) is 0 Å². The Labute approximate surface area is 184 Å². The van der Waals surface area contributed by atoms with E-state index in [1.807, 2.05) is 18.2 Å². The molecule has 0 fully saturated rings. The Balaban J connectivity index is 1.85. The van der Waals surface area contributed by atoms with Gasteiger partial charge in [0.05, 0.1) is 17.6 Å². The van der Waals surface area contributed by atoms with Crippen LogP contribution in [-0.4, -0.2) is 17.6 Å². The van der Waals surface area contributed by atoms with Gasteiger partial charge in [-0.15, -0.1) is 6.42 Å². The Kier molecular flexibility index (Phi) is 7.16. The highest BCUT2D eigenvalue weighted by Gasteiger charge is 2.01. The number of benzene rings is 3. The zero-order chi connectivity index (χ0) is 21.5. The minimum atomic E-state index is -0.429. The molecular formula is C28H24Si2. The second kappa shape index (κ2) is 10.00. The maximum absolute atomic E-state index is 5.65. The molecule has 30 heavy (non-hydrogen) atoms. The van der Waals surface area contributed by atoms with Gasteiger partial charge < -0.3 is 0 Å². The molecule has 0 aliphatic heterocycles. The Hall–Kier alpha value is -3.23. The van der Waals surface area contributed by atoms with Gasteiger partial charge in [-0.1, -0.05) is 90.4 Å². The molecule has 0 unspecified atom stereocenters. The lowest BCUT2D eigenvalue weighted by Gasteiger charge is -2.02. The van der Waals surface area contributed by atoms with E-state index in [0.717, 1.165) is 27.8 Å². The lowest BCUT2D eigenvalue weighted by atomic mass is 10.1. The molecule has 0 bridgehead atoms. The number of hydrogen-bond donors (Lipinski definition) is 0. The molecule has 0 N–H and O–H groups in total. The normalized spacial score (nSPS) is 10.0. The molecule has 2 radical (unpaired) electrons. The Morgan fingerprint density at radius 2 is 0.833 bits per heavy atom. The molecule has 0 atom stereocenters. The van der Waals surface area contributed by atoms with E-state index in [1.165, 1.54) is 10.4 Å². The Morgan fingerprint density at radius 1 is 0.500 bits per heavy atom. The SMILES string of the molecule is C#Cc1cc(C#Cc2ccc([Si](C)C)cc2)cc(C#Cc2ccc([Si](C)C)cc2)c1. The average molecular weight is 417 g/mol. The molecule has 3 rings (SSSR count). The second-order valence-electron chi connectivity index (χ2n) is 7.60. The van der Waals surface area contributed by atoms with Crippen LogP contribution in [0.5, 0.6) is 0 Å². The summed E-state index contributed by atoms with van der Waals surface area (Å²) in [5.41, 5.74) is 4.58. The Morgan fingerprint density at radius 3 is 1.17 bits per heavy atom. The predicted molar refractivity (Wildman–Crippen MR) is 133 cm³/mol. The molecule has 3 aromatic carbocycles. The van der Waals surface area contributed by atoms with Crippen LogP contribution in [-0.2, 0) is 0 Å². The van der Waals surface area contributed by atoms with Gasteiger partial charge >= 0.3 is 0 Å². The minimum Gasteiger partial charge on any atom is -0.115 e. The number of hydrogen-bond acceptors (Lipinski definition) is 0. The van der Waals surface area contributed by atoms with E-state index in [9.17, 15) is 0 Å². The van der Waals surface area contributed by atoms with E-state index >= 15 is 0 Å². The molecule has 0 nitrogen and oxygen atoms in total. The lowest BCUT2D eigenvalue weighted by molar-refractivity contribution is 1.55. The van der Waals surface area contributed by atoms with E-state index in [1.54, 1.807) is 0 Å². The summed E-state index contributed by atoms with van der Waals surface area (Å²) in [5, 5.41) is 2.83. The zero-order valence-corrected chi connectivity index (χ0v) is 19.9. The van der Waals surface area contributed by atoms with Crippen molar-refractivity contribution in [1.82, 2.24) is 0 Å². The summed E-state index contributed by atoms with van der Waals surface area (Å²) in [5.74, 6) is 15.7. The lowest BCUT2D eigenvalue weighted by Crippen LogP contribution is -2.21. The van der Waals surface area contributed by atoms with Crippen molar-refractivity contribution < 1.29 is 0 Å². The highest BCUT2D eigenvalue weighted by Crippen LogP contribution is 2.09. The molecule has 0 spiro atoms. The first kappa shape index (κ1) is 21.5. The highest BCUT2D eigenvalue weighted by molar-refractivity contribution is 6.71. The first-order chi connectivity index (χ1) is 14.4. The van der Waals surface area contributed by atoms with Crippen LogP contribution in [0.1, 0.15) is 27.8 Å². The fourth-order valence-electron chi connectivity index (χ4n) is 2.92. The standard InChI is InChI=1S/C28H24Si2/c1-6-22-19-25(9-7-23-11-15-27(16-12-23)29(2)3)21-26(20-22)10-8-24-13-17-28(18-14-24)30(4)5/h1,11-21H,2-5H3. The maximum Gasteiger partial charge on any atom is 0.0791 e. The van der Waals surface area contributed by atoms with Gasteiger partial charge in [0.25, 0.3) is 0 Å². The molecule has 0 aromatic heterocycles. The predicted octanol–water partition coefficient (Wildman–Crippen LogP) is 4.39. The van der Waals surface area contributed by atoms with E-state index in [0.29, 0.717) is 0 Å². The monoisotopic (exact) mass is 416 g/mol. The molecule has 144 valence electrons. The molecule has 2 heteroatoms. The topological polar surface area (TPSA) is 0 Å². The van der Waals surface area contributed by atoms with Gasteiger partial charge in [0.1, 0.15) is 0 Å². The molecule has 0 aliphatic carbocycles. The van der Waals surface area contributed by atoms with Crippen molar-refractivity contribution in [2.24, 2.45) is 0 Å². The van der Waals surface area contributed by atoms with Crippen LogP contribution >= 0.6 is 0 Å². The first-order valence-corrected chi connectivity index (χ1v) is 14.9. The van der Waals surface area contributed by atoms with E-state index in [-0.39, 0.29) is 0 Å². The summed E-state index contributed by atoms with van der Waals surface area (Å²) in [6.45, 7) is 9.16. The zero-order valence-electron chi connectivity index (χ0n) is 17.9. The molecule has 0 amide bonds. The molecular weight excluding hydrogens is 392 g/mol. The summed E-state index contributed by atoms with van der Waals surface area (Å²) in [4.78, 5) is 0. The van der Waals surface area contributed by atoms with Crippen molar-refractivity contribution in [3.05, 3.63) is 94.5 Å². The number of terminal acetylenes is 1. The van der Waals surface area contributed by atoms with Crippen LogP contribution < -0.4 is 10.4 Å². The number of rotatable bonds is 2. The van der Waals surface area contributed by atoms with Gasteiger partial charge in [-0.2, -0.15) is 0 Å². The summed E-state index contributed by atoms with van der Waals surface area (Å²) < 4.78 is 0. The smallest absolute Gasteiger partial charge is 0.0791 e. The molecule has 0 saturated heterocycles. The van der Waals surface area contributed by atoms with Crippen molar-refractivity contribution in [3.8, 4) is 36.0 Å². The third-order valence-electron chi connectivity index (χ3n) is 4.73. The first-order valence-electron chi connectivity index (χ1n) is 9.91. The second-order valence-corrected chi connectivity index (χ2v) is 12.8. The van der Waals surface area contributed by atoms with Gasteiger partial charge in [0.2, 0.25) is 0 Å². The van der Waals surface area contributed by atoms with Crippen LogP contribution in [0.2, 0.25) is 26.2 Å². The minimum absolute atomic E-state index is 0.429. The van der Waals surface area contributed by atoms with Gasteiger partial charge in [0, 0.05) is 27.8 Å². The third kappa shape index (κ3) is 5.89. The molecule has 0 aliphatic rings. The molecule has 3 aromatic rings. The summed E-state index contributed by atoms with van der Waals surface area (Å²) in [6.07, 6.45) is 5.65. The van der Waals surface area contributed by atoms with E-state index < -0.39 is 17.6 Å². The highest BCUT2D eigenvalue weighted by atomic mass is 28.3. The van der Waals surface area contributed by atoms with Crippen LogP contribution in [0.3, 0.4) is 0 Å². The quantitative estimate of drug-likeness (QED) is 0.429. The fraction of sp³-hybridized carbons (Fsp3) is 0.143. The molecule has 0 heterocycles. The van der Waals surface area contributed by atoms with Crippen molar-refractivity contribution in [1.29, 1.82) is 0 Å². The summed E-state index contributed by atoms with van der Waals surface area (Å²) in [6, 6.07) is 23.0. The molecule has 0 saturated carbocycles. The van der Waals surface area contributed by atoms with Crippen molar-refractivity contribution in [2.75, 3.05) is 0 Å². The Bertz CT molecular complexity index is 1100. The van der Waals surface area contributed by atoms with Gasteiger partial charge in [-0.05, 0) is 42.5 Å². The maximum atomic E-state index is 5.65. The third-order valence-corrected chi connectivity index (χ3v) is 7.70.